The number of fused-ring (bicyclic) bond motifs is 11. The number of benzene rings is 8. The topological polar surface area (TPSA) is 61.7 Å². The normalized spacial score (nSPS) is 12.0. The molecule has 6 heteroatoms. The minimum Gasteiger partial charge on any atom is -0.452 e. The molecule has 0 N–H and O–H groups in total. The predicted molar refractivity (Wildman–Crippen MR) is 224 cm³/mol. The van der Waals surface area contributed by atoms with Crippen molar-refractivity contribution in [3.8, 4) is 34.3 Å². The van der Waals surface area contributed by atoms with Crippen LogP contribution in [0.3, 0.4) is 0 Å². The van der Waals surface area contributed by atoms with E-state index in [1.165, 1.54) is 0 Å². The SMILES string of the molecule is c1ccc(-c2nc(-n3c4ccccc4c4ccc5c6cc7nc(-c8ccccc8)n(-c8ccccc8)c7cc6ccc5c43)nc3c2oc2ccccc23)cc1. The molecule has 0 unspecified atom stereocenters. The summed E-state index contributed by atoms with van der Waals surface area (Å²) in [4.78, 5) is 15.9. The van der Waals surface area contributed by atoms with Gasteiger partial charge in [-0.15, -0.1) is 0 Å². The molecule has 0 saturated carbocycles. The van der Waals surface area contributed by atoms with Gasteiger partial charge in [-0.1, -0.05) is 133 Å². The largest absolute Gasteiger partial charge is 0.452 e. The van der Waals surface area contributed by atoms with E-state index in [0.717, 1.165) is 99.2 Å². The minimum absolute atomic E-state index is 0.598. The van der Waals surface area contributed by atoms with Crippen molar-refractivity contribution in [2.75, 3.05) is 0 Å². The van der Waals surface area contributed by atoms with Crippen LogP contribution in [0.4, 0.5) is 0 Å². The van der Waals surface area contributed by atoms with Crippen molar-refractivity contribution < 1.29 is 4.42 Å². The zero-order valence-electron chi connectivity index (χ0n) is 29.4. The maximum atomic E-state index is 6.46. The van der Waals surface area contributed by atoms with E-state index in [0.29, 0.717) is 11.5 Å². The van der Waals surface area contributed by atoms with Crippen molar-refractivity contribution >= 4 is 76.5 Å². The fourth-order valence-electron chi connectivity index (χ4n) is 8.47. The maximum Gasteiger partial charge on any atom is 0.236 e. The van der Waals surface area contributed by atoms with Crippen LogP contribution in [0.5, 0.6) is 0 Å². The van der Waals surface area contributed by atoms with Crippen LogP contribution < -0.4 is 0 Å². The highest BCUT2D eigenvalue weighted by atomic mass is 16.3. The lowest BCUT2D eigenvalue weighted by atomic mass is 9.99. The second-order valence-corrected chi connectivity index (χ2v) is 14.0. The van der Waals surface area contributed by atoms with Crippen LogP contribution in [0, 0.1) is 0 Å². The summed E-state index contributed by atoms with van der Waals surface area (Å²) in [7, 11) is 0. The molecule has 0 amide bonds. The number of imidazole rings is 1. The summed E-state index contributed by atoms with van der Waals surface area (Å²) in [5.74, 6) is 1.51. The van der Waals surface area contributed by atoms with Gasteiger partial charge in [-0.2, -0.15) is 0 Å². The monoisotopic (exact) mass is 703 g/mol. The van der Waals surface area contributed by atoms with Crippen molar-refractivity contribution in [2.24, 2.45) is 0 Å². The van der Waals surface area contributed by atoms with Crippen LogP contribution in [0.25, 0.3) is 111 Å². The Balaban J connectivity index is 1.17. The Kier molecular flexibility index (Phi) is 6.24. The zero-order valence-corrected chi connectivity index (χ0v) is 29.4. The number of hydrogen-bond acceptors (Lipinski definition) is 4. The van der Waals surface area contributed by atoms with Gasteiger partial charge in [-0.3, -0.25) is 9.13 Å². The third-order valence-electron chi connectivity index (χ3n) is 10.9. The van der Waals surface area contributed by atoms with Crippen molar-refractivity contribution in [1.82, 2.24) is 24.1 Å². The second-order valence-electron chi connectivity index (χ2n) is 14.0. The van der Waals surface area contributed by atoms with Crippen LogP contribution >= 0.6 is 0 Å². The van der Waals surface area contributed by atoms with Gasteiger partial charge in [0.05, 0.1) is 22.1 Å². The lowest BCUT2D eigenvalue weighted by Gasteiger charge is -2.12. The summed E-state index contributed by atoms with van der Waals surface area (Å²) in [5.41, 5.74) is 10.3. The Labute approximate surface area is 314 Å². The molecule has 0 aliphatic carbocycles. The molecule has 0 aliphatic rings. The maximum absolute atomic E-state index is 6.46. The van der Waals surface area contributed by atoms with Gasteiger partial charge < -0.3 is 4.42 Å². The third kappa shape index (κ3) is 4.39. The number of aromatic nitrogens is 5. The average molecular weight is 704 g/mol. The number of para-hydroxylation sites is 3. The molecule has 0 atom stereocenters. The molecular formula is C49H29N5O. The summed E-state index contributed by atoms with van der Waals surface area (Å²) in [6.07, 6.45) is 0. The summed E-state index contributed by atoms with van der Waals surface area (Å²) in [6.45, 7) is 0. The zero-order chi connectivity index (χ0) is 36.0. The fraction of sp³-hybridized carbons (Fsp3) is 0. The van der Waals surface area contributed by atoms with Crippen molar-refractivity contribution in [3.63, 3.8) is 0 Å². The summed E-state index contributed by atoms with van der Waals surface area (Å²) in [5, 5.41) is 7.80. The Bertz CT molecular complexity index is 3470. The first-order valence-corrected chi connectivity index (χ1v) is 18.5. The first-order chi connectivity index (χ1) is 27.3. The predicted octanol–water partition coefficient (Wildman–Crippen LogP) is 12.5. The van der Waals surface area contributed by atoms with Gasteiger partial charge in [0.1, 0.15) is 22.6 Å². The molecule has 0 bridgehead atoms. The van der Waals surface area contributed by atoms with Gasteiger partial charge in [0, 0.05) is 38.4 Å². The standard InChI is InChI=1S/C49H29N5O/c1-4-14-30(15-5-1)44-47-45(38-21-11-13-23-43(38)55-47)52-49(51-44)54-41-22-12-10-20-35(41)37-27-26-34-36(46(37)54)25-24-32-28-42-40(29-39(32)34)50-48(31-16-6-2-7-17-31)53(42)33-18-8-3-9-19-33/h1-29H. The molecule has 12 aromatic rings. The van der Waals surface area contributed by atoms with Gasteiger partial charge in [-0.25, -0.2) is 15.0 Å². The lowest BCUT2D eigenvalue weighted by Crippen LogP contribution is -2.03. The van der Waals surface area contributed by atoms with E-state index in [9.17, 15) is 0 Å². The van der Waals surface area contributed by atoms with Gasteiger partial charge in [0.2, 0.25) is 5.95 Å². The molecular weight excluding hydrogens is 675 g/mol. The quantitative estimate of drug-likeness (QED) is 0.171. The van der Waals surface area contributed by atoms with Gasteiger partial charge in [0.15, 0.2) is 5.58 Å². The Morgan fingerprint density at radius 1 is 0.436 bits per heavy atom. The summed E-state index contributed by atoms with van der Waals surface area (Å²) < 4.78 is 11.0. The van der Waals surface area contributed by atoms with Crippen molar-refractivity contribution in [3.05, 3.63) is 176 Å². The van der Waals surface area contributed by atoms with E-state index in [-0.39, 0.29) is 0 Å². The molecule has 0 saturated heterocycles. The third-order valence-corrected chi connectivity index (χ3v) is 10.9. The molecule has 0 spiro atoms. The lowest BCUT2D eigenvalue weighted by molar-refractivity contribution is 0.666. The molecule has 12 rings (SSSR count). The molecule has 55 heavy (non-hydrogen) atoms. The average Bonchev–Trinajstić information content (AvgIpc) is 3.93. The molecule has 8 aromatic carbocycles. The fourth-order valence-corrected chi connectivity index (χ4v) is 8.47. The van der Waals surface area contributed by atoms with E-state index in [1.807, 2.05) is 42.5 Å². The summed E-state index contributed by atoms with van der Waals surface area (Å²) >= 11 is 0. The highest BCUT2D eigenvalue weighted by Gasteiger charge is 2.23. The smallest absolute Gasteiger partial charge is 0.236 e. The van der Waals surface area contributed by atoms with Crippen molar-refractivity contribution in [2.45, 2.75) is 0 Å². The molecule has 4 aromatic heterocycles. The Hall–Kier alpha value is -7.57. The first kappa shape index (κ1) is 29.9. The highest BCUT2D eigenvalue weighted by molar-refractivity contribution is 6.24. The molecule has 256 valence electrons. The molecule has 4 heterocycles. The number of nitrogens with zero attached hydrogens (tertiary/aromatic N) is 5. The van der Waals surface area contributed by atoms with Crippen LogP contribution in [0.2, 0.25) is 0 Å². The van der Waals surface area contributed by atoms with E-state index >= 15 is 0 Å². The minimum atomic E-state index is 0.598. The number of rotatable bonds is 4. The second kappa shape index (κ2) is 11.5. The molecule has 0 fully saturated rings. The first-order valence-electron chi connectivity index (χ1n) is 18.5. The Morgan fingerprint density at radius 2 is 1.09 bits per heavy atom. The van der Waals surface area contributed by atoms with Gasteiger partial charge in [-0.05, 0) is 58.6 Å². The number of furan rings is 1. The van der Waals surface area contributed by atoms with Crippen LogP contribution in [-0.2, 0) is 0 Å². The molecule has 6 nitrogen and oxygen atoms in total. The van der Waals surface area contributed by atoms with Gasteiger partial charge in [0.25, 0.3) is 0 Å². The van der Waals surface area contributed by atoms with Crippen LogP contribution in [0.1, 0.15) is 0 Å². The molecule has 0 aliphatic heterocycles. The van der Waals surface area contributed by atoms with E-state index in [1.54, 1.807) is 0 Å². The van der Waals surface area contributed by atoms with Gasteiger partial charge >= 0.3 is 0 Å². The van der Waals surface area contributed by atoms with E-state index in [2.05, 4.69) is 143 Å². The highest BCUT2D eigenvalue weighted by Crippen LogP contribution is 2.41. The van der Waals surface area contributed by atoms with E-state index in [4.69, 9.17) is 19.4 Å². The Morgan fingerprint density at radius 3 is 1.91 bits per heavy atom. The van der Waals surface area contributed by atoms with Crippen LogP contribution in [-0.4, -0.2) is 24.1 Å². The summed E-state index contributed by atoms with van der Waals surface area (Å²) in [6, 6.07) is 61.3. The molecule has 0 radical (unpaired) electrons. The van der Waals surface area contributed by atoms with Crippen LogP contribution in [0.15, 0.2) is 180 Å². The van der Waals surface area contributed by atoms with E-state index < -0.39 is 0 Å². The van der Waals surface area contributed by atoms with Crippen molar-refractivity contribution in [1.29, 1.82) is 0 Å². The number of hydrogen-bond donors (Lipinski definition) is 0.